The quantitative estimate of drug-likeness (QED) is 0.157. The number of benzene rings is 2. The zero-order valence-corrected chi connectivity index (χ0v) is 25.8. The molecule has 0 bridgehead atoms. The van der Waals surface area contributed by atoms with Gasteiger partial charge in [0.1, 0.15) is 6.04 Å². The van der Waals surface area contributed by atoms with Gasteiger partial charge in [-0.15, -0.1) is 0 Å². The number of halogens is 1. The van der Waals surface area contributed by atoms with E-state index in [4.69, 9.17) is 17.3 Å². The Kier molecular flexibility index (Phi) is 13.1. The molecule has 0 spiro atoms. The molecular formula is C33H43ClN4O5. The summed E-state index contributed by atoms with van der Waals surface area (Å²) in [7, 11) is 0. The molecule has 0 aliphatic carbocycles. The second-order valence-corrected chi connectivity index (χ2v) is 11.3. The number of para-hydroxylation sites is 1. The predicted octanol–water partition coefficient (Wildman–Crippen LogP) is 5.76. The van der Waals surface area contributed by atoms with Crippen molar-refractivity contribution in [2.75, 3.05) is 6.54 Å². The van der Waals surface area contributed by atoms with Gasteiger partial charge in [0.25, 0.3) is 5.91 Å². The highest BCUT2D eigenvalue weighted by molar-refractivity contribution is 6.31. The maximum atomic E-state index is 14.0. The van der Waals surface area contributed by atoms with Crippen molar-refractivity contribution in [2.24, 2.45) is 5.73 Å². The largest absolute Gasteiger partial charge is 0.481 e. The van der Waals surface area contributed by atoms with Crippen LogP contribution in [0.15, 0.2) is 54.7 Å². The molecule has 3 rings (SSSR count). The van der Waals surface area contributed by atoms with Gasteiger partial charge in [-0.3, -0.25) is 19.2 Å². The minimum Gasteiger partial charge on any atom is -0.481 e. The van der Waals surface area contributed by atoms with Gasteiger partial charge < -0.3 is 25.6 Å². The highest BCUT2D eigenvalue weighted by Gasteiger charge is 2.31. The molecule has 4 N–H and O–H groups in total. The van der Waals surface area contributed by atoms with Crippen LogP contribution in [0.2, 0.25) is 5.02 Å². The smallest absolute Gasteiger partial charge is 0.303 e. The number of carbonyl (C=O) groups is 4. The van der Waals surface area contributed by atoms with Crippen molar-refractivity contribution in [1.29, 1.82) is 0 Å². The van der Waals surface area contributed by atoms with Crippen molar-refractivity contribution < 1.29 is 24.3 Å². The summed E-state index contributed by atoms with van der Waals surface area (Å²) in [6, 6.07) is 13.7. The van der Waals surface area contributed by atoms with Gasteiger partial charge in [0.2, 0.25) is 11.8 Å². The number of nitrogens with one attached hydrogen (secondary N) is 1. The average molecular weight is 611 g/mol. The van der Waals surface area contributed by atoms with Crippen LogP contribution in [0.3, 0.4) is 0 Å². The number of unbranched alkanes of at least 4 members (excludes halogenated alkanes) is 3. The normalized spacial score (nSPS) is 12.5. The maximum absolute atomic E-state index is 14.0. The number of fused-ring (bicyclic) bond motifs is 1. The number of aromatic nitrogens is 1. The average Bonchev–Trinajstić information content (AvgIpc) is 3.34. The van der Waals surface area contributed by atoms with Gasteiger partial charge in [0.05, 0.1) is 5.56 Å². The lowest BCUT2D eigenvalue weighted by atomic mass is 10.00. The van der Waals surface area contributed by atoms with Crippen LogP contribution in [0.4, 0.5) is 0 Å². The molecule has 2 aromatic carbocycles. The van der Waals surface area contributed by atoms with Crippen LogP contribution in [0.5, 0.6) is 0 Å². The Morgan fingerprint density at radius 2 is 1.70 bits per heavy atom. The first kappa shape index (κ1) is 33.6. The van der Waals surface area contributed by atoms with E-state index in [2.05, 4.69) is 12.2 Å². The third-order valence-electron chi connectivity index (χ3n) is 7.71. The zero-order valence-electron chi connectivity index (χ0n) is 25.1. The molecule has 0 unspecified atom stereocenters. The Morgan fingerprint density at radius 1 is 0.977 bits per heavy atom. The molecule has 2 atom stereocenters. The van der Waals surface area contributed by atoms with E-state index < -0.39 is 29.9 Å². The summed E-state index contributed by atoms with van der Waals surface area (Å²) >= 11 is 6.41. The summed E-state index contributed by atoms with van der Waals surface area (Å²) in [5, 5.41) is 13.5. The second kappa shape index (κ2) is 16.7. The Bertz CT molecular complexity index is 1400. The van der Waals surface area contributed by atoms with Crippen molar-refractivity contribution in [3.63, 3.8) is 0 Å². The molecule has 0 saturated carbocycles. The van der Waals surface area contributed by atoms with Gasteiger partial charge in [0.15, 0.2) is 0 Å². The number of nitrogens with zero attached hydrogens (tertiary/aromatic N) is 2. The second-order valence-electron chi connectivity index (χ2n) is 10.9. The summed E-state index contributed by atoms with van der Waals surface area (Å²) in [5.41, 5.74) is 7.70. The topological polar surface area (TPSA) is 135 Å². The summed E-state index contributed by atoms with van der Waals surface area (Å²) in [5.74, 6) is -2.25. The van der Waals surface area contributed by atoms with E-state index in [9.17, 15) is 24.3 Å². The maximum Gasteiger partial charge on any atom is 0.303 e. The standard InChI is InChI=1S/C33H43ClN4O5/c1-3-5-6-7-14-24(20-30(35)39)38(4-2)33(43)28(17-12-19-31(40)41)36-32(42)26-22-37(29-18-11-9-15-25(26)29)21-23-13-8-10-16-27(23)34/h8-11,13,15-16,18,22,24,28H,3-7,12,14,17,19-21H2,1-2H3,(H2,35,39)(H,36,42)(H,40,41)/t24-,28-/m0/s1. The molecule has 232 valence electrons. The van der Waals surface area contributed by atoms with E-state index in [1.54, 1.807) is 11.1 Å². The van der Waals surface area contributed by atoms with Crippen LogP contribution in [0.25, 0.3) is 10.9 Å². The number of primary amides is 1. The lowest BCUT2D eigenvalue weighted by Crippen LogP contribution is -2.52. The number of amides is 3. The number of hydrogen-bond donors (Lipinski definition) is 3. The van der Waals surface area contributed by atoms with Crippen molar-refractivity contribution in [3.05, 3.63) is 70.9 Å². The summed E-state index contributed by atoms with van der Waals surface area (Å²) in [6.45, 7) is 4.72. The molecule has 1 heterocycles. The molecule has 0 saturated heterocycles. The van der Waals surface area contributed by atoms with Crippen molar-refractivity contribution in [2.45, 2.75) is 90.3 Å². The lowest BCUT2D eigenvalue weighted by Gasteiger charge is -2.33. The van der Waals surface area contributed by atoms with Crippen molar-refractivity contribution >= 4 is 46.2 Å². The van der Waals surface area contributed by atoms with Crippen LogP contribution in [0, 0.1) is 0 Å². The van der Waals surface area contributed by atoms with Crippen molar-refractivity contribution in [3.8, 4) is 0 Å². The number of rotatable bonds is 18. The first-order valence-corrected chi connectivity index (χ1v) is 15.5. The van der Waals surface area contributed by atoms with Gasteiger partial charge in [-0.2, -0.15) is 0 Å². The third kappa shape index (κ3) is 9.58. The van der Waals surface area contributed by atoms with Crippen LogP contribution in [-0.2, 0) is 20.9 Å². The Hall–Kier alpha value is -3.85. The van der Waals surface area contributed by atoms with E-state index >= 15 is 0 Å². The molecule has 9 nitrogen and oxygen atoms in total. The van der Waals surface area contributed by atoms with Gasteiger partial charge in [0, 0.05) is 54.1 Å². The van der Waals surface area contributed by atoms with Gasteiger partial charge in [-0.1, -0.05) is 80.6 Å². The fraction of sp³-hybridized carbons (Fsp3) is 0.455. The number of nitrogens with two attached hydrogens (primary N) is 1. The summed E-state index contributed by atoms with van der Waals surface area (Å²) in [6.07, 6.45) is 6.55. The SMILES string of the molecule is CCCCCC[C@@H](CC(N)=O)N(CC)C(=O)[C@H](CCCC(=O)O)NC(=O)c1cn(Cc2ccccc2Cl)c2ccccc12. The third-order valence-corrected chi connectivity index (χ3v) is 8.08. The highest BCUT2D eigenvalue weighted by Crippen LogP contribution is 2.25. The minimum atomic E-state index is -0.977. The van der Waals surface area contributed by atoms with Gasteiger partial charge >= 0.3 is 5.97 Å². The lowest BCUT2D eigenvalue weighted by molar-refractivity contribution is -0.139. The number of carboxylic acids is 1. The molecular weight excluding hydrogens is 568 g/mol. The molecule has 3 amide bonds. The number of carbonyl (C=O) groups excluding carboxylic acids is 3. The summed E-state index contributed by atoms with van der Waals surface area (Å²) < 4.78 is 1.95. The van der Waals surface area contributed by atoms with E-state index in [0.29, 0.717) is 30.1 Å². The monoisotopic (exact) mass is 610 g/mol. The van der Waals surface area contributed by atoms with E-state index in [0.717, 1.165) is 42.1 Å². The number of hydrogen-bond acceptors (Lipinski definition) is 4. The van der Waals surface area contributed by atoms with Gasteiger partial charge in [-0.05, 0) is 43.9 Å². The minimum absolute atomic E-state index is 0.0248. The first-order chi connectivity index (χ1) is 20.7. The molecule has 0 fully saturated rings. The van der Waals surface area contributed by atoms with Crippen LogP contribution in [-0.4, -0.2) is 56.9 Å². The molecule has 1 aromatic heterocycles. The first-order valence-electron chi connectivity index (χ1n) is 15.1. The van der Waals surface area contributed by atoms with Crippen LogP contribution in [0.1, 0.15) is 87.6 Å². The van der Waals surface area contributed by atoms with E-state index in [1.807, 2.05) is 60.0 Å². The molecule has 0 radical (unpaired) electrons. The molecule has 43 heavy (non-hydrogen) atoms. The molecule has 0 aliphatic heterocycles. The fourth-order valence-electron chi connectivity index (χ4n) is 5.52. The Labute approximate surface area is 258 Å². The summed E-state index contributed by atoms with van der Waals surface area (Å²) in [4.78, 5) is 52.6. The number of carboxylic acid groups (broad SMARTS) is 1. The molecule has 0 aliphatic rings. The van der Waals surface area contributed by atoms with Crippen LogP contribution >= 0.6 is 11.6 Å². The Balaban J connectivity index is 1.90. The molecule has 3 aromatic rings. The van der Waals surface area contributed by atoms with E-state index in [-0.39, 0.29) is 31.6 Å². The van der Waals surface area contributed by atoms with Crippen LogP contribution < -0.4 is 11.1 Å². The molecule has 10 heteroatoms. The predicted molar refractivity (Wildman–Crippen MR) is 169 cm³/mol. The number of likely N-dealkylation sites (N-methyl/N-ethyl adjacent to an activating group) is 1. The zero-order chi connectivity index (χ0) is 31.4. The van der Waals surface area contributed by atoms with Gasteiger partial charge in [-0.25, -0.2) is 0 Å². The Morgan fingerprint density at radius 3 is 2.37 bits per heavy atom. The highest BCUT2D eigenvalue weighted by atomic mass is 35.5. The number of aliphatic carboxylic acids is 1. The fourth-order valence-corrected chi connectivity index (χ4v) is 5.72. The van der Waals surface area contributed by atoms with Crippen molar-refractivity contribution in [1.82, 2.24) is 14.8 Å². The van der Waals surface area contributed by atoms with E-state index in [1.165, 1.54) is 0 Å².